The van der Waals surface area contributed by atoms with E-state index in [0.717, 1.165) is 0 Å². The summed E-state index contributed by atoms with van der Waals surface area (Å²) in [6.45, 7) is 4.75. The van der Waals surface area contributed by atoms with Gasteiger partial charge in [-0.25, -0.2) is 14.4 Å². The molecule has 1 aliphatic rings. The topological polar surface area (TPSA) is 139 Å². The highest BCUT2D eigenvalue weighted by Gasteiger charge is 2.51. The molecule has 2 atom stereocenters. The van der Waals surface area contributed by atoms with Crippen molar-refractivity contribution in [1.29, 1.82) is 0 Å². The normalized spacial score (nSPS) is 16.6. The molecule has 0 spiro atoms. The second kappa shape index (κ2) is 12.3. The van der Waals surface area contributed by atoms with Crippen molar-refractivity contribution in [2.24, 2.45) is 0 Å². The van der Waals surface area contributed by atoms with E-state index in [0.29, 0.717) is 18.4 Å². The van der Waals surface area contributed by atoms with Gasteiger partial charge >= 0.3 is 17.9 Å². The zero-order valence-corrected chi connectivity index (χ0v) is 19.7. The number of carboxylic acid groups (broad SMARTS) is 1. The molecule has 1 amide bonds. The minimum Gasteiger partial charge on any atom is -0.480 e. The summed E-state index contributed by atoms with van der Waals surface area (Å²) < 4.78 is 10.3. The van der Waals surface area contributed by atoms with Crippen LogP contribution in [0.5, 0.6) is 0 Å². The number of hydrogen-bond acceptors (Lipinski definition) is 8. The maximum atomic E-state index is 13.1. The van der Waals surface area contributed by atoms with Crippen LogP contribution in [0.2, 0.25) is 0 Å². The van der Waals surface area contributed by atoms with Crippen LogP contribution in [0.25, 0.3) is 0 Å². The van der Waals surface area contributed by atoms with E-state index in [9.17, 15) is 29.1 Å². The third-order valence-corrected chi connectivity index (χ3v) is 5.72. The molecule has 34 heavy (non-hydrogen) atoms. The lowest BCUT2D eigenvalue weighted by molar-refractivity contribution is -0.168. The van der Waals surface area contributed by atoms with Crippen molar-refractivity contribution < 1.29 is 38.6 Å². The summed E-state index contributed by atoms with van der Waals surface area (Å²) in [6, 6.07) is 6.30. The summed E-state index contributed by atoms with van der Waals surface area (Å²) in [5.74, 6) is -3.93. The van der Waals surface area contributed by atoms with Crippen LogP contribution in [0.15, 0.2) is 30.3 Å². The van der Waals surface area contributed by atoms with Gasteiger partial charge in [-0.05, 0) is 40.0 Å². The number of nitrogens with zero attached hydrogens (tertiary/aromatic N) is 1. The van der Waals surface area contributed by atoms with Crippen molar-refractivity contribution in [3.05, 3.63) is 35.9 Å². The molecule has 1 aliphatic heterocycles. The number of benzene rings is 1. The highest BCUT2D eigenvalue weighted by molar-refractivity contribution is 6.06. The quantitative estimate of drug-likeness (QED) is 0.261. The second-order valence-electron chi connectivity index (χ2n) is 8.03. The van der Waals surface area contributed by atoms with Crippen molar-refractivity contribution in [2.75, 3.05) is 19.8 Å². The molecule has 0 bridgehead atoms. The average Bonchev–Trinajstić information content (AvgIpc) is 3.32. The molecule has 1 fully saturated rings. The summed E-state index contributed by atoms with van der Waals surface area (Å²) in [6.07, 6.45) is 0.345. The van der Waals surface area contributed by atoms with Crippen LogP contribution in [0.4, 0.5) is 0 Å². The van der Waals surface area contributed by atoms with Gasteiger partial charge in [-0.1, -0.05) is 30.3 Å². The maximum Gasteiger partial charge on any atom is 0.338 e. The number of carboxylic acids is 1. The third kappa shape index (κ3) is 6.19. The Morgan fingerprint density at radius 1 is 1.09 bits per heavy atom. The highest BCUT2D eigenvalue weighted by Crippen LogP contribution is 2.24. The lowest BCUT2D eigenvalue weighted by atomic mass is 9.89. The lowest BCUT2D eigenvalue weighted by Crippen LogP contribution is -2.65. The molecule has 1 aromatic rings. The molecular formula is C24H32N2O8. The predicted molar refractivity (Wildman–Crippen MR) is 121 cm³/mol. The molecule has 2 N–H and O–H groups in total. The Bertz CT molecular complexity index is 883. The monoisotopic (exact) mass is 476 g/mol. The molecule has 1 heterocycles. The molecule has 1 saturated heterocycles. The van der Waals surface area contributed by atoms with Gasteiger partial charge in [0.05, 0.1) is 19.3 Å². The molecule has 0 unspecified atom stereocenters. The fourth-order valence-corrected chi connectivity index (χ4v) is 4.02. The van der Waals surface area contributed by atoms with Crippen LogP contribution in [0.3, 0.4) is 0 Å². The van der Waals surface area contributed by atoms with E-state index in [1.54, 1.807) is 44.2 Å². The Morgan fingerprint density at radius 2 is 1.68 bits per heavy atom. The number of ketones is 1. The van der Waals surface area contributed by atoms with E-state index in [1.807, 2.05) is 0 Å². The molecule has 0 aliphatic carbocycles. The summed E-state index contributed by atoms with van der Waals surface area (Å²) in [7, 11) is 0. The van der Waals surface area contributed by atoms with Crippen LogP contribution >= 0.6 is 0 Å². The van der Waals surface area contributed by atoms with E-state index < -0.39 is 41.4 Å². The first-order valence-electron chi connectivity index (χ1n) is 11.4. The van der Waals surface area contributed by atoms with Crippen LogP contribution in [-0.2, 0) is 28.7 Å². The van der Waals surface area contributed by atoms with Gasteiger partial charge < -0.3 is 19.5 Å². The first-order chi connectivity index (χ1) is 16.2. The Labute approximate surface area is 198 Å². The Kier molecular flexibility index (Phi) is 9.73. The smallest absolute Gasteiger partial charge is 0.338 e. The molecule has 10 heteroatoms. The highest BCUT2D eigenvalue weighted by atomic mass is 16.6. The van der Waals surface area contributed by atoms with Crippen molar-refractivity contribution >= 4 is 29.6 Å². The molecule has 0 aromatic heterocycles. The van der Waals surface area contributed by atoms with Crippen LogP contribution in [-0.4, -0.2) is 77.0 Å². The molecule has 186 valence electrons. The fraction of sp³-hybridized carbons (Fsp3) is 0.542. The number of esters is 2. The second-order valence-corrected chi connectivity index (χ2v) is 8.03. The number of rotatable bonds is 12. The van der Waals surface area contributed by atoms with Gasteiger partial charge in [0.1, 0.15) is 6.04 Å². The van der Waals surface area contributed by atoms with Gasteiger partial charge in [0.2, 0.25) is 11.4 Å². The number of carbonyl (C=O) groups is 5. The van der Waals surface area contributed by atoms with Crippen molar-refractivity contribution in [3.8, 4) is 0 Å². The first-order valence-corrected chi connectivity index (χ1v) is 11.4. The van der Waals surface area contributed by atoms with Gasteiger partial charge in [-0.2, -0.15) is 0 Å². The zero-order chi connectivity index (χ0) is 25.3. The number of Topliss-reactive ketones (excluding diaryl/α,β-unsaturated/α-hetero) is 1. The standard InChI is InChI=1S/C24H32N2O8/c1-4-33-22(31)24(23(32)34-5-2,14-13-19(27)17-10-7-6-8-11-17)25-16(3)20(28)26-15-9-12-18(26)21(29)30/h6-8,10-11,16,18,25H,4-5,9,12-15H2,1-3H3,(H,29,30)/t16-,18-/m0/s1. The molecule has 1 aromatic carbocycles. The van der Waals surface area contributed by atoms with Gasteiger partial charge in [0.15, 0.2) is 5.78 Å². The van der Waals surface area contributed by atoms with Gasteiger partial charge in [0.25, 0.3) is 0 Å². The van der Waals surface area contributed by atoms with Crippen LogP contribution in [0, 0.1) is 0 Å². The summed E-state index contributed by atoms with van der Waals surface area (Å²) >= 11 is 0. The van der Waals surface area contributed by atoms with Crippen molar-refractivity contribution in [1.82, 2.24) is 10.2 Å². The molecule has 10 nitrogen and oxygen atoms in total. The number of likely N-dealkylation sites (tertiary alicyclic amines) is 1. The summed E-state index contributed by atoms with van der Waals surface area (Å²) in [5, 5.41) is 12.2. The van der Waals surface area contributed by atoms with E-state index in [4.69, 9.17) is 9.47 Å². The average molecular weight is 477 g/mol. The molecule has 2 rings (SSSR count). The van der Waals surface area contributed by atoms with Crippen molar-refractivity contribution in [3.63, 3.8) is 0 Å². The van der Waals surface area contributed by atoms with E-state index in [-0.39, 0.29) is 38.4 Å². The van der Waals surface area contributed by atoms with Crippen LogP contribution < -0.4 is 5.32 Å². The first kappa shape index (κ1) is 27.0. The SMILES string of the molecule is CCOC(=O)C(CCC(=O)c1ccccc1)(N[C@@H](C)C(=O)N1CCC[C@H]1C(=O)O)C(=O)OCC. The number of ether oxygens (including phenoxy) is 2. The van der Waals surface area contributed by atoms with Gasteiger partial charge in [-0.15, -0.1) is 0 Å². The zero-order valence-electron chi connectivity index (χ0n) is 19.7. The van der Waals surface area contributed by atoms with E-state index in [1.165, 1.54) is 11.8 Å². The fourth-order valence-electron chi connectivity index (χ4n) is 4.02. The van der Waals surface area contributed by atoms with E-state index in [2.05, 4.69) is 5.32 Å². The number of aliphatic carboxylic acids is 1. The molecule has 0 radical (unpaired) electrons. The Morgan fingerprint density at radius 3 is 2.21 bits per heavy atom. The minimum absolute atomic E-state index is 0.0379. The number of hydrogen-bond donors (Lipinski definition) is 2. The van der Waals surface area contributed by atoms with Gasteiger partial charge in [-0.3, -0.25) is 14.9 Å². The number of carbonyl (C=O) groups excluding carboxylic acids is 4. The summed E-state index contributed by atoms with van der Waals surface area (Å²) in [5.41, 5.74) is -1.71. The van der Waals surface area contributed by atoms with E-state index >= 15 is 0 Å². The number of amides is 1. The Hall–Kier alpha value is -3.27. The Balaban J connectivity index is 2.34. The number of nitrogens with one attached hydrogen (secondary N) is 1. The lowest BCUT2D eigenvalue weighted by Gasteiger charge is -2.34. The molecule has 0 saturated carbocycles. The molecular weight excluding hydrogens is 444 g/mol. The predicted octanol–water partition coefficient (Wildman–Crippen LogP) is 1.57. The minimum atomic E-state index is -2.12. The third-order valence-electron chi connectivity index (χ3n) is 5.72. The maximum absolute atomic E-state index is 13.1. The largest absolute Gasteiger partial charge is 0.480 e. The van der Waals surface area contributed by atoms with Crippen LogP contribution in [0.1, 0.15) is 56.8 Å². The van der Waals surface area contributed by atoms with Gasteiger partial charge in [0, 0.05) is 18.5 Å². The van der Waals surface area contributed by atoms with Crippen molar-refractivity contribution in [2.45, 2.75) is 64.1 Å². The summed E-state index contributed by atoms with van der Waals surface area (Å²) in [4.78, 5) is 64.7.